The second-order valence-corrected chi connectivity index (χ2v) is 7.15. The zero-order valence-electron chi connectivity index (χ0n) is 14.6. The number of nitrogens with one attached hydrogen (secondary N) is 1. The molecule has 4 rings (SSSR count). The van der Waals surface area contributed by atoms with Crippen molar-refractivity contribution < 1.29 is 19.4 Å². The third kappa shape index (κ3) is 2.79. The van der Waals surface area contributed by atoms with Crippen molar-refractivity contribution in [2.75, 3.05) is 12.4 Å². The molecule has 0 aromatic heterocycles. The molecule has 0 amide bonds. The van der Waals surface area contributed by atoms with E-state index in [0.717, 1.165) is 12.0 Å². The molecule has 2 N–H and O–H groups in total. The molecule has 2 aromatic rings. The molecule has 1 aliphatic carbocycles. The molecule has 1 heterocycles. The standard InChI is InChI=1S/C21H18ClNO4/c1-27-21(26)15-9-10-16(22)19-17(15)11-7-4-8-12(11)18(23-19)13-5-2-3-6-14(13)20(24)25/h2-7,9-12,18,23H,8H2,1H3,(H,24,25)/t11-,12-,18-/m1/s1. The van der Waals surface area contributed by atoms with E-state index >= 15 is 0 Å². The van der Waals surface area contributed by atoms with Crippen molar-refractivity contribution in [3.8, 4) is 0 Å². The third-order valence-corrected chi connectivity index (χ3v) is 5.72. The molecule has 138 valence electrons. The minimum absolute atomic E-state index is 0.0408. The largest absolute Gasteiger partial charge is 0.478 e. The third-order valence-electron chi connectivity index (χ3n) is 5.40. The maximum atomic E-state index is 12.3. The Morgan fingerprint density at radius 1 is 1.19 bits per heavy atom. The minimum Gasteiger partial charge on any atom is -0.478 e. The van der Waals surface area contributed by atoms with E-state index in [9.17, 15) is 14.7 Å². The lowest BCUT2D eigenvalue weighted by atomic mass is 9.74. The number of aromatic carboxylic acids is 1. The minimum atomic E-state index is -0.963. The number of halogens is 1. The highest BCUT2D eigenvalue weighted by Crippen LogP contribution is 2.53. The van der Waals surface area contributed by atoms with Crippen molar-refractivity contribution in [1.29, 1.82) is 0 Å². The lowest BCUT2D eigenvalue weighted by molar-refractivity contribution is 0.0598. The van der Waals surface area contributed by atoms with Gasteiger partial charge in [0.15, 0.2) is 0 Å². The summed E-state index contributed by atoms with van der Waals surface area (Å²) in [6, 6.07) is 10.1. The van der Waals surface area contributed by atoms with Crippen LogP contribution in [0.2, 0.25) is 5.02 Å². The zero-order chi connectivity index (χ0) is 19.1. The second-order valence-electron chi connectivity index (χ2n) is 6.74. The van der Waals surface area contributed by atoms with Gasteiger partial charge >= 0.3 is 11.9 Å². The van der Waals surface area contributed by atoms with Crippen molar-refractivity contribution in [2.24, 2.45) is 5.92 Å². The van der Waals surface area contributed by atoms with Gasteiger partial charge in [-0.2, -0.15) is 0 Å². The molecule has 0 fully saturated rings. The number of rotatable bonds is 3. The second kappa shape index (κ2) is 6.74. The predicted molar refractivity (Wildman–Crippen MR) is 103 cm³/mol. The van der Waals surface area contributed by atoms with E-state index in [4.69, 9.17) is 16.3 Å². The first-order chi connectivity index (χ1) is 13.0. The van der Waals surface area contributed by atoms with Crippen LogP contribution in [0.15, 0.2) is 48.6 Å². The Bertz CT molecular complexity index is 969. The number of ether oxygens (including phenoxy) is 1. The number of benzene rings is 2. The van der Waals surface area contributed by atoms with E-state index in [2.05, 4.69) is 17.5 Å². The monoisotopic (exact) mass is 383 g/mol. The fourth-order valence-electron chi connectivity index (χ4n) is 4.23. The Labute approximate surface area is 161 Å². The summed E-state index contributed by atoms with van der Waals surface area (Å²) in [5.74, 6) is -1.33. The van der Waals surface area contributed by atoms with Crippen LogP contribution in [0.5, 0.6) is 0 Å². The van der Waals surface area contributed by atoms with Gasteiger partial charge in [-0.3, -0.25) is 0 Å². The summed E-state index contributed by atoms with van der Waals surface area (Å²) < 4.78 is 4.94. The van der Waals surface area contributed by atoms with Crippen LogP contribution < -0.4 is 5.32 Å². The zero-order valence-corrected chi connectivity index (χ0v) is 15.4. The molecule has 2 aliphatic rings. The Morgan fingerprint density at radius 3 is 2.70 bits per heavy atom. The van der Waals surface area contributed by atoms with Crippen LogP contribution in [-0.4, -0.2) is 24.2 Å². The van der Waals surface area contributed by atoms with Gasteiger partial charge in [0.05, 0.1) is 35.0 Å². The number of esters is 1. The van der Waals surface area contributed by atoms with Crippen LogP contribution in [0.25, 0.3) is 0 Å². The fourth-order valence-corrected chi connectivity index (χ4v) is 4.45. The highest BCUT2D eigenvalue weighted by Gasteiger charge is 2.42. The SMILES string of the molecule is COC(=O)c1ccc(Cl)c2c1[C@@H]1C=CC[C@H]1[C@H](c1ccccc1C(=O)O)N2. The Kier molecular flexibility index (Phi) is 4.40. The van der Waals surface area contributed by atoms with E-state index in [1.54, 1.807) is 24.3 Å². The maximum absolute atomic E-state index is 12.3. The van der Waals surface area contributed by atoms with Gasteiger partial charge in [-0.1, -0.05) is 42.0 Å². The molecule has 3 atom stereocenters. The summed E-state index contributed by atoms with van der Waals surface area (Å²) >= 11 is 6.45. The van der Waals surface area contributed by atoms with Crippen molar-refractivity contribution in [1.82, 2.24) is 0 Å². The van der Waals surface area contributed by atoms with E-state index in [-0.39, 0.29) is 23.4 Å². The van der Waals surface area contributed by atoms with Crippen LogP contribution in [0.4, 0.5) is 5.69 Å². The van der Waals surface area contributed by atoms with Gasteiger partial charge in [-0.05, 0) is 41.7 Å². The van der Waals surface area contributed by atoms with Crippen LogP contribution in [0.3, 0.4) is 0 Å². The molecule has 5 nitrogen and oxygen atoms in total. The molecule has 0 saturated carbocycles. The molecular weight excluding hydrogens is 366 g/mol. The number of anilines is 1. The van der Waals surface area contributed by atoms with Gasteiger partial charge in [0.25, 0.3) is 0 Å². The summed E-state index contributed by atoms with van der Waals surface area (Å²) in [5.41, 5.74) is 2.95. The molecule has 1 aliphatic heterocycles. The van der Waals surface area contributed by atoms with E-state index in [1.807, 2.05) is 12.1 Å². The van der Waals surface area contributed by atoms with Crippen molar-refractivity contribution in [3.63, 3.8) is 0 Å². The quantitative estimate of drug-likeness (QED) is 0.596. The Balaban J connectivity index is 1.89. The number of allylic oxidation sites excluding steroid dienone is 2. The number of hydrogen-bond acceptors (Lipinski definition) is 4. The average molecular weight is 384 g/mol. The number of carboxylic acid groups (broad SMARTS) is 1. The van der Waals surface area contributed by atoms with Crippen molar-refractivity contribution in [2.45, 2.75) is 18.4 Å². The molecular formula is C21H18ClNO4. The summed E-state index contributed by atoms with van der Waals surface area (Å²) in [4.78, 5) is 24.0. The summed E-state index contributed by atoms with van der Waals surface area (Å²) in [5, 5.41) is 13.5. The average Bonchev–Trinajstić information content (AvgIpc) is 3.17. The fraction of sp³-hybridized carbons (Fsp3) is 0.238. The van der Waals surface area contributed by atoms with Crippen LogP contribution in [0, 0.1) is 5.92 Å². The van der Waals surface area contributed by atoms with Crippen LogP contribution in [0.1, 0.15) is 50.2 Å². The summed E-state index contributed by atoms with van der Waals surface area (Å²) in [7, 11) is 1.35. The summed E-state index contributed by atoms with van der Waals surface area (Å²) in [6.45, 7) is 0. The lowest BCUT2D eigenvalue weighted by Crippen LogP contribution is -2.31. The van der Waals surface area contributed by atoms with Gasteiger partial charge in [0.2, 0.25) is 0 Å². The van der Waals surface area contributed by atoms with E-state index in [0.29, 0.717) is 21.8 Å². The molecule has 0 unspecified atom stereocenters. The maximum Gasteiger partial charge on any atom is 0.338 e. The molecule has 6 heteroatoms. The van der Waals surface area contributed by atoms with Crippen LogP contribution in [-0.2, 0) is 4.74 Å². The number of carbonyl (C=O) groups excluding carboxylic acids is 1. The first-order valence-corrected chi connectivity index (χ1v) is 9.07. The van der Waals surface area contributed by atoms with Gasteiger partial charge in [-0.25, -0.2) is 9.59 Å². The number of carbonyl (C=O) groups is 2. The van der Waals surface area contributed by atoms with Crippen molar-refractivity contribution in [3.05, 3.63) is 75.8 Å². The first kappa shape index (κ1) is 17.6. The summed E-state index contributed by atoms with van der Waals surface area (Å²) in [6.07, 6.45) is 4.93. The first-order valence-electron chi connectivity index (χ1n) is 8.69. The number of carboxylic acids is 1. The topological polar surface area (TPSA) is 75.6 Å². The molecule has 0 radical (unpaired) electrons. The lowest BCUT2D eigenvalue weighted by Gasteiger charge is -2.39. The molecule has 0 saturated heterocycles. The van der Waals surface area contributed by atoms with Crippen LogP contribution >= 0.6 is 11.6 Å². The van der Waals surface area contributed by atoms with Gasteiger partial charge < -0.3 is 15.2 Å². The molecule has 0 bridgehead atoms. The molecule has 0 spiro atoms. The number of methoxy groups -OCH3 is 1. The van der Waals surface area contributed by atoms with E-state index in [1.165, 1.54) is 7.11 Å². The Hall–Kier alpha value is -2.79. The Morgan fingerprint density at radius 2 is 1.96 bits per heavy atom. The van der Waals surface area contributed by atoms with E-state index < -0.39 is 11.9 Å². The number of fused-ring (bicyclic) bond motifs is 3. The predicted octanol–water partition coefficient (Wildman–Crippen LogP) is 4.65. The van der Waals surface area contributed by atoms with Gasteiger partial charge in [0, 0.05) is 5.92 Å². The van der Waals surface area contributed by atoms with Gasteiger partial charge in [-0.15, -0.1) is 0 Å². The smallest absolute Gasteiger partial charge is 0.338 e. The number of hydrogen-bond donors (Lipinski definition) is 2. The highest BCUT2D eigenvalue weighted by molar-refractivity contribution is 6.33. The highest BCUT2D eigenvalue weighted by atomic mass is 35.5. The van der Waals surface area contributed by atoms with Gasteiger partial charge in [0.1, 0.15) is 0 Å². The molecule has 27 heavy (non-hydrogen) atoms. The normalized spacial score (nSPS) is 22.5. The molecule has 2 aromatic carbocycles. The van der Waals surface area contributed by atoms with Crippen molar-refractivity contribution >= 4 is 29.2 Å².